The van der Waals surface area contributed by atoms with Crippen LogP contribution in [0.4, 0.5) is 13.2 Å². The summed E-state index contributed by atoms with van der Waals surface area (Å²) < 4.78 is 41.2. The van der Waals surface area contributed by atoms with Gasteiger partial charge in [-0.05, 0) is 29.3 Å². The van der Waals surface area contributed by atoms with Gasteiger partial charge in [-0.3, -0.25) is 19.7 Å². The normalized spacial score (nSPS) is 11.6. The summed E-state index contributed by atoms with van der Waals surface area (Å²) in [5, 5.41) is 8.63. The lowest BCUT2D eigenvalue weighted by atomic mass is 10.0. The quantitative estimate of drug-likeness (QED) is 0.478. The molecule has 0 saturated carbocycles. The molecule has 4 aromatic rings. The molecule has 3 N–H and O–H groups in total. The Morgan fingerprint density at radius 3 is 2.63 bits per heavy atom. The number of carbonyl (C=O) groups excluding carboxylic acids is 1. The summed E-state index contributed by atoms with van der Waals surface area (Å²) in [6, 6.07) is 6.66. The molecule has 0 unspecified atom stereocenters. The first-order valence-electron chi connectivity index (χ1n) is 8.77. The van der Waals surface area contributed by atoms with Gasteiger partial charge in [0.1, 0.15) is 5.69 Å². The largest absolute Gasteiger partial charge is 0.418 e. The molecule has 10 heteroatoms. The van der Waals surface area contributed by atoms with Gasteiger partial charge < -0.3 is 10.3 Å². The van der Waals surface area contributed by atoms with Gasteiger partial charge in [0.05, 0.1) is 17.3 Å². The first-order chi connectivity index (χ1) is 14.3. The fourth-order valence-electron chi connectivity index (χ4n) is 3.05. The van der Waals surface area contributed by atoms with Gasteiger partial charge in [-0.15, -0.1) is 0 Å². The number of hydrogen-bond acceptors (Lipinski definition) is 4. The third-order valence-electron chi connectivity index (χ3n) is 4.50. The monoisotopic (exact) mass is 413 g/mol. The summed E-state index contributed by atoms with van der Waals surface area (Å²) in [5.41, 5.74) is -1.18. The fourth-order valence-corrected chi connectivity index (χ4v) is 3.05. The SMILES string of the molecule is O=C(NCc1cccnc1)c1cc(=O)c2cc(-c3cn[nH]c3)cc(C(F)(F)F)c2[nH]1. The summed E-state index contributed by atoms with van der Waals surface area (Å²) >= 11 is 0. The molecule has 0 aliphatic carbocycles. The summed E-state index contributed by atoms with van der Waals surface area (Å²) in [6.07, 6.45) is 1.16. The number of aromatic nitrogens is 4. The summed E-state index contributed by atoms with van der Waals surface area (Å²) in [7, 11) is 0. The molecule has 0 aliphatic rings. The first kappa shape index (κ1) is 19.4. The predicted octanol–water partition coefficient (Wildman–Crippen LogP) is 3.26. The first-order valence-corrected chi connectivity index (χ1v) is 8.77. The van der Waals surface area contributed by atoms with Crippen molar-refractivity contribution in [1.82, 2.24) is 25.5 Å². The Bertz CT molecular complexity index is 1270. The van der Waals surface area contributed by atoms with Crippen LogP contribution in [0, 0.1) is 0 Å². The number of nitrogens with one attached hydrogen (secondary N) is 3. The van der Waals surface area contributed by atoms with E-state index in [0.717, 1.165) is 12.1 Å². The zero-order valence-corrected chi connectivity index (χ0v) is 15.2. The highest BCUT2D eigenvalue weighted by molar-refractivity contribution is 5.96. The Balaban J connectivity index is 1.78. The fraction of sp³-hybridized carbons (Fsp3) is 0.100. The zero-order valence-electron chi connectivity index (χ0n) is 15.2. The average Bonchev–Trinajstić information content (AvgIpc) is 3.26. The highest BCUT2D eigenvalue weighted by atomic mass is 19.4. The maximum absolute atomic E-state index is 13.7. The van der Waals surface area contributed by atoms with E-state index < -0.39 is 28.6 Å². The molecule has 152 valence electrons. The van der Waals surface area contributed by atoms with E-state index in [1.54, 1.807) is 24.5 Å². The molecular weight excluding hydrogens is 399 g/mol. The van der Waals surface area contributed by atoms with Crippen LogP contribution in [0.5, 0.6) is 0 Å². The van der Waals surface area contributed by atoms with Crippen LogP contribution >= 0.6 is 0 Å². The number of benzene rings is 1. The van der Waals surface area contributed by atoms with Crippen molar-refractivity contribution in [2.75, 3.05) is 0 Å². The van der Waals surface area contributed by atoms with Crippen LogP contribution in [-0.2, 0) is 12.7 Å². The van der Waals surface area contributed by atoms with Gasteiger partial charge in [0.2, 0.25) is 0 Å². The molecule has 0 fully saturated rings. The van der Waals surface area contributed by atoms with Crippen LogP contribution in [0.1, 0.15) is 21.6 Å². The molecule has 3 heterocycles. The van der Waals surface area contributed by atoms with Crippen LogP contribution in [-0.4, -0.2) is 26.1 Å². The highest BCUT2D eigenvalue weighted by Gasteiger charge is 2.34. The molecule has 0 radical (unpaired) electrons. The van der Waals surface area contributed by atoms with E-state index in [1.165, 1.54) is 18.5 Å². The molecule has 30 heavy (non-hydrogen) atoms. The van der Waals surface area contributed by atoms with E-state index in [9.17, 15) is 22.8 Å². The molecule has 3 aromatic heterocycles. The van der Waals surface area contributed by atoms with Crippen molar-refractivity contribution in [3.05, 3.63) is 82.2 Å². The minimum absolute atomic E-state index is 0.109. The van der Waals surface area contributed by atoms with Crippen molar-refractivity contribution in [3.8, 4) is 11.1 Å². The molecule has 1 aromatic carbocycles. The Morgan fingerprint density at radius 1 is 1.13 bits per heavy atom. The Morgan fingerprint density at radius 2 is 1.97 bits per heavy atom. The molecule has 4 rings (SSSR count). The van der Waals surface area contributed by atoms with Gasteiger partial charge in [0.25, 0.3) is 5.91 Å². The Kier molecular flexibility index (Phi) is 4.82. The minimum Gasteiger partial charge on any atom is -0.350 e. The number of carbonyl (C=O) groups is 1. The number of aromatic amines is 2. The van der Waals surface area contributed by atoms with Crippen LogP contribution in [0.3, 0.4) is 0 Å². The van der Waals surface area contributed by atoms with E-state index in [0.29, 0.717) is 11.1 Å². The molecular formula is C20H14F3N5O2. The Hall–Kier alpha value is -3.95. The van der Waals surface area contributed by atoms with Crippen LogP contribution in [0.15, 0.2) is 59.9 Å². The van der Waals surface area contributed by atoms with Crippen molar-refractivity contribution in [2.24, 2.45) is 0 Å². The lowest BCUT2D eigenvalue weighted by molar-refractivity contribution is -0.136. The van der Waals surface area contributed by atoms with Crippen LogP contribution in [0.25, 0.3) is 22.0 Å². The van der Waals surface area contributed by atoms with Crippen molar-refractivity contribution in [3.63, 3.8) is 0 Å². The number of fused-ring (bicyclic) bond motifs is 1. The summed E-state index contributed by atoms with van der Waals surface area (Å²) in [6.45, 7) is 0.109. The molecule has 1 amide bonds. The van der Waals surface area contributed by atoms with E-state index in [1.807, 2.05) is 0 Å². The standard InChI is InChI=1S/C20H14F3N5O2/c21-20(22,23)15-5-12(13-9-26-27-10-13)4-14-17(29)6-16(28-18(14)15)19(30)25-8-11-2-1-3-24-7-11/h1-7,9-10H,8H2,(H,25,30)(H,26,27)(H,28,29). The number of nitrogens with zero attached hydrogens (tertiary/aromatic N) is 2. The number of alkyl halides is 3. The van der Waals surface area contributed by atoms with Gasteiger partial charge >= 0.3 is 6.18 Å². The number of rotatable bonds is 4. The average molecular weight is 413 g/mol. The lowest BCUT2D eigenvalue weighted by Gasteiger charge is -2.14. The Labute approximate surface area is 167 Å². The van der Waals surface area contributed by atoms with Gasteiger partial charge in [0, 0.05) is 42.2 Å². The maximum atomic E-state index is 13.7. The second-order valence-electron chi connectivity index (χ2n) is 6.52. The number of pyridine rings is 2. The van der Waals surface area contributed by atoms with E-state index in [4.69, 9.17) is 0 Å². The number of amides is 1. The second kappa shape index (κ2) is 7.47. The van der Waals surface area contributed by atoms with Gasteiger partial charge in [0.15, 0.2) is 5.43 Å². The summed E-state index contributed by atoms with van der Waals surface area (Å²) in [4.78, 5) is 31.4. The lowest BCUT2D eigenvalue weighted by Crippen LogP contribution is -2.25. The second-order valence-corrected chi connectivity index (χ2v) is 6.52. The number of hydrogen-bond donors (Lipinski definition) is 3. The van der Waals surface area contributed by atoms with Crippen molar-refractivity contribution in [2.45, 2.75) is 12.7 Å². The van der Waals surface area contributed by atoms with E-state index >= 15 is 0 Å². The van der Waals surface area contributed by atoms with Crippen LogP contribution in [0.2, 0.25) is 0 Å². The van der Waals surface area contributed by atoms with Gasteiger partial charge in [-0.2, -0.15) is 18.3 Å². The summed E-state index contributed by atoms with van der Waals surface area (Å²) in [5.74, 6) is -0.704. The van der Waals surface area contributed by atoms with Crippen molar-refractivity contribution in [1.29, 1.82) is 0 Å². The van der Waals surface area contributed by atoms with Crippen LogP contribution < -0.4 is 10.7 Å². The molecule has 7 nitrogen and oxygen atoms in total. The third kappa shape index (κ3) is 3.79. The van der Waals surface area contributed by atoms with E-state index in [2.05, 4.69) is 25.5 Å². The minimum atomic E-state index is -4.74. The number of H-pyrrole nitrogens is 2. The molecule has 0 aliphatic heterocycles. The van der Waals surface area contributed by atoms with E-state index in [-0.39, 0.29) is 23.2 Å². The predicted molar refractivity (Wildman–Crippen MR) is 103 cm³/mol. The third-order valence-corrected chi connectivity index (χ3v) is 4.50. The topological polar surface area (TPSA) is 104 Å². The van der Waals surface area contributed by atoms with Crippen molar-refractivity contribution < 1.29 is 18.0 Å². The molecule has 0 atom stereocenters. The van der Waals surface area contributed by atoms with Crippen molar-refractivity contribution >= 4 is 16.8 Å². The maximum Gasteiger partial charge on any atom is 0.418 e. The molecule has 0 spiro atoms. The van der Waals surface area contributed by atoms with Gasteiger partial charge in [-0.1, -0.05) is 6.07 Å². The molecule has 0 bridgehead atoms. The van der Waals surface area contributed by atoms with Gasteiger partial charge in [-0.25, -0.2) is 0 Å². The molecule has 0 saturated heterocycles. The number of halogens is 3. The zero-order chi connectivity index (χ0) is 21.3. The smallest absolute Gasteiger partial charge is 0.350 e. The highest BCUT2D eigenvalue weighted by Crippen LogP contribution is 2.36.